The summed E-state index contributed by atoms with van der Waals surface area (Å²) in [6.45, 7) is 6.72. The normalized spacial score (nSPS) is 43.0. The number of benzene rings is 1. The third kappa shape index (κ3) is 4.42. The van der Waals surface area contributed by atoms with Crippen LogP contribution in [0.5, 0.6) is 0 Å². The summed E-state index contributed by atoms with van der Waals surface area (Å²) in [4.78, 5) is 0.389. The molecule has 0 spiro atoms. The number of fused-ring (bicyclic) bond motifs is 5. The molecule has 4 aliphatic rings. The summed E-state index contributed by atoms with van der Waals surface area (Å²) in [7, 11) is -3.49. The predicted octanol–water partition coefficient (Wildman–Crippen LogP) is 6.01. The van der Waals surface area contributed by atoms with Crippen molar-refractivity contribution in [3.8, 4) is 0 Å². The Hall–Kier alpha value is -0.910. The molecule has 0 amide bonds. The third-order valence-electron chi connectivity index (χ3n) is 11.5. The lowest BCUT2D eigenvalue weighted by molar-refractivity contribution is -0.127. The zero-order valence-electron chi connectivity index (χ0n) is 21.9. The van der Waals surface area contributed by atoms with Crippen LogP contribution in [-0.4, -0.2) is 36.1 Å². The van der Waals surface area contributed by atoms with E-state index in [-0.39, 0.29) is 11.5 Å². The van der Waals surface area contributed by atoms with Crippen LogP contribution >= 0.6 is 0 Å². The zero-order valence-corrected chi connectivity index (χ0v) is 22.7. The van der Waals surface area contributed by atoms with Crippen LogP contribution in [0.1, 0.15) is 91.4 Å². The van der Waals surface area contributed by atoms with Gasteiger partial charge >= 0.3 is 0 Å². The average molecular weight is 503 g/mol. The minimum Gasteiger partial charge on any atom is -0.393 e. The number of hydrogen-bond acceptors (Lipinski definition) is 4. The molecule has 1 aromatic carbocycles. The predicted molar refractivity (Wildman–Crippen MR) is 140 cm³/mol. The van der Waals surface area contributed by atoms with Crippen LogP contribution in [-0.2, 0) is 9.84 Å². The van der Waals surface area contributed by atoms with E-state index < -0.39 is 21.2 Å². The molecule has 2 N–H and O–H groups in total. The molecule has 8 unspecified atom stereocenters. The molecule has 35 heavy (non-hydrogen) atoms. The Kier molecular flexibility index (Phi) is 6.94. The van der Waals surface area contributed by atoms with Crippen molar-refractivity contribution < 1.29 is 18.6 Å². The molecule has 0 heterocycles. The Morgan fingerprint density at radius 1 is 0.943 bits per heavy atom. The maximum absolute atomic E-state index is 13.6. The van der Waals surface area contributed by atoms with Crippen molar-refractivity contribution in [1.82, 2.24) is 0 Å². The van der Waals surface area contributed by atoms with Crippen molar-refractivity contribution in [2.24, 2.45) is 40.4 Å². The third-order valence-corrected chi connectivity index (χ3v) is 13.7. The second-order valence-corrected chi connectivity index (χ2v) is 15.4. The van der Waals surface area contributed by atoms with Crippen molar-refractivity contribution in [2.45, 2.75) is 114 Å². The molecular formula is C30H46O4S. The van der Waals surface area contributed by atoms with E-state index in [0.717, 1.165) is 31.1 Å². The number of aliphatic hydroxyl groups excluding tert-OH is 2. The van der Waals surface area contributed by atoms with Crippen molar-refractivity contribution in [3.05, 3.63) is 30.3 Å². The molecule has 0 aliphatic heterocycles. The van der Waals surface area contributed by atoms with Gasteiger partial charge in [0.25, 0.3) is 0 Å². The second kappa shape index (κ2) is 9.44. The molecule has 4 saturated carbocycles. The van der Waals surface area contributed by atoms with Crippen LogP contribution in [0.25, 0.3) is 0 Å². The second-order valence-electron chi connectivity index (χ2n) is 13.2. The minimum absolute atomic E-state index is 0.105. The summed E-state index contributed by atoms with van der Waals surface area (Å²) in [5.74, 6) is 3.25. The highest BCUT2D eigenvalue weighted by Gasteiger charge is 2.60. The molecule has 1 aromatic rings. The highest BCUT2D eigenvalue weighted by molar-refractivity contribution is 7.92. The van der Waals surface area contributed by atoms with E-state index in [9.17, 15) is 18.6 Å². The molecular weight excluding hydrogens is 456 g/mol. The smallest absolute Gasteiger partial charge is 0.181 e. The molecule has 0 aromatic heterocycles. The van der Waals surface area contributed by atoms with Gasteiger partial charge < -0.3 is 10.2 Å². The molecule has 5 rings (SSSR count). The Morgan fingerprint density at radius 3 is 2.34 bits per heavy atom. The van der Waals surface area contributed by atoms with Gasteiger partial charge in [0, 0.05) is 0 Å². The first-order chi connectivity index (χ1) is 16.6. The number of rotatable bonds is 6. The summed E-state index contributed by atoms with van der Waals surface area (Å²) in [6, 6.07) is 8.85. The van der Waals surface area contributed by atoms with Gasteiger partial charge in [-0.2, -0.15) is 0 Å². The highest BCUT2D eigenvalue weighted by atomic mass is 32.2. The van der Waals surface area contributed by atoms with Gasteiger partial charge in [-0.25, -0.2) is 8.42 Å². The van der Waals surface area contributed by atoms with E-state index in [1.54, 1.807) is 31.2 Å². The van der Waals surface area contributed by atoms with Crippen LogP contribution in [0.4, 0.5) is 0 Å². The number of sulfone groups is 1. The molecule has 0 radical (unpaired) electrons. The van der Waals surface area contributed by atoms with Gasteiger partial charge in [-0.3, -0.25) is 0 Å². The van der Waals surface area contributed by atoms with Crippen LogP contribution in [0, 0.1) is 40.4 Å². The van der Waals surface area contributed by atoms with Gasteiger partial charge in [0.2, 0.25) is 0 Å². The monoisotopic (exact) mass is 502 g/mol. The summed E-state index contributed by atoms with van der Waals surface area (Å²) in [5.41, 5.74) is 0.564. The molecule has 0 saturated heterocycles. The lowest BCUT2D eigenvalue weighted by atomic mass is 9.44. The topological polar surface area (TPSA) is 74.6 Å². The van der Waals surface area contributed by atoms with Crippen molar-refractivity contribution in [3.63, 3.8) is 0 Å². The lowest BCUT2D eigenvalue weighted by Gasteiger charge is -2.61. The summed E-state index contributed by atoms with van der Waals surface area (Å²) in [5, 5.41) is 20.0. The van der Waals surface area contributed by atoms with Crippen molar-refractivity contribution >= 4 is 9.84 Å². The molecule has 0 bridgehead atoms. The molecule has 4 nitrogen and oxygen atoms in total. The fourth-order valence-corrected chi connectivity index (χ4v) is 11.5. The molecule has 196 valence electrons. The van der Waals surface area contributed by atoms with Gasteiger partial charge in [0.15, 0.2) is 9.84 Å². The fraction of sp³-hybridized carbons (Fsp3) is 0.800. The first kappa shape index (κ1) is 25.7. The standard InChI is InChI=1S/C30H46O4S/c1-20(31)17-25(35(33,34)24-7-5-4-6-8-24)19-22-10-12-27-26-11-9-21-18-23(32)13-15-29(21,2)28(26)14-16-30(22,27)3/h4-8,20-23,25-28,31-32H,9-19H2,1-3H3/t20-,21?,22+,23?,25?,26?,27?,28?,29?,30?/m0/s1. The quantitative estimate of drug-likeness (QED) is 0.500. The summed E-state index contributed by atoms with van der Waals surface area (Å²) >= 11 is 0. The van der Waals surface area contributed by atoms with Gasteiger partial charge in [0.05, 0.1) is 22.4 Å². The Balaban J connectivity index is 1.37. The number of aliphatic hydroxyl groups is 2. The SMILES string of the molecule is C[C@H](O)CC(C[C@H]1CCC2C3CCC4CC(O)CCC4(C)C3CCC21C)S(=O)(=O)c1ccccc1. The lowest BCUT2D eigenvalue weighted by Crippen LogP contribution is -2.54. The first-order valence-corrected chi connectivity index (χ1v) is 15.8. The van der Waals surface area contributed by atoms with Crippen LogP contribution < -0.4 is 0 Å². The van der Waals surface area contributed by atoms with E-state index in [1.807, 2.05) is 6.07 Å². The summed E-state index contributed by atoms with van der Waals surface area (Å²) < 4.78 is 27.3. The van der Waals surface area contributed by atoms with Gasteiger partial charge in [-0.15, -0.1) is 0 Å². The highest BCUT2D eigenvalue weighted by Crippen LogP contribution is 2.68. The maximum atomic E-state index is 13.6. The Bertz CT molecular complexity index is 991. The van der Waals surface area contributed by atoms with E-state index in [1.165, 1.54) is 38.5 Å². The molecule has 4 fully saturated rings. The first-order valence-electron chi connectivity index (χ1n) is 14.2. The van der Waals surface area contributed by atoms with E-state index >= 15 is 0 Å². The van der Waals surface area contributed by atoms with Gasteiger partial charge in [-0.05, 0) is 130 Å². The maximum Gasteiger partial charge on any atom is 0.181 e. The molecule has 4 aliphatic carbocycles. The molecule has 5 heteroatoms. The van der Waals surface area contributed by atoms with Gasteiger partial charge in [-0.1, -0.05) is 32.0 Å². The van der Waals surface area contributed by atoms with E-state index in [2.05, 4.69) is 13.8 Å². The number of hydrogen-bond donors (Lipinski definition) is 2. The van der Waals surface area contributed by atoms with Crippen molar-refractivity contribution in [1.29, 1.82) is 0 Å². The largest absolute Gasteiger partial charge is 0.393 e. The molecule has 10 atom stereocenters. The van der Waals surface area contributed by atoms with E-state index in [4.69, 9.17) is 0 Å². The van der Waals surface area contributed by atoms with Gasteiger partial charge in [0.1, 0.15) is 0 Å². The van der Waals surface area contributed by atoms with Crippen LogP contribution in [0.3, 0.4) is 0 Å². The summed E-state index contributed by atoms with van der Waals surface area (Å²) in [6.07, 6.45) is 10.7. The Labute approximate surface area is 212 Å². The van der Waals surface area contributed by atoms with E-state index in [0.29, 0.717) is 40.9 Å². The Morgan fingerprint density at radius 2 is 1.63 bits per heavy atom. The van der Waals surface area contributed by atoms with Crippen LogP contribution in [0.15, 0.2) is 35.2 Å². The van der Waals surface area contributed by atoms with Crippen LogP contribution in [0.2, 0.25) is 0 Å². The van der Waals surface area contributed by atoms with Crippen molar-refractivity contribution in [2.75, 3.05) is 0 Å². The zero-order chi connectivity index (χ0) is 25.0. The fourth-order valence-electron chi connectivity index (χ4n) is 9.58. The average Bonchev–Trinajstić information content (AvgIpc) is 3.15. The minimum atomic E-state index is -3.49.